The Kier molecular flexibility index (Phi) is 4.85. The molecule has 1 N–H and O–H groups in total. The van der Waals surface area contributed by atoms with Crippen LogP contribution in [0.1, 0.15) is 38.5 Å². The van der Waals surface area contributed by atoms with E-state index < -0.39 is 5.92 Å². The monoisotopic (exact) mass is 329 g/mol. The molecule has 130 valence electrons. The van der Waals surface area contributed by atoms with Crippen molar-refractivity contribution < 1.29 is 18.4 Å². The number of hydrogen-bond acceptors (Lipinski definition) is 3. The molecule has 0 aromatic rings. The number of carbonyl (C=O) groups excluding carboxylic acids is 2. The highest BCUT2D eigenvalue weighted by atomic mass is 19.3. The Hall–Kier alpha value is -1.24. The van der Waals surface area contributed by atoms with Gasteiger partial charge >= 0.3 is 0 Å². The van der Waals surface area contributed by atoms with Crippen LogP contribution < -0.4 is 5.32 Å². The Morgan fingerprint density at radius 3 is 2.57 bits per heavy atom. The van der Waals surface area contributed by atoms with Crippen LogP contribution in [0.3, 0.4) is 0 Å². The summed E-state index contributed by atoms with van der Waals surface area (Å²) in [5.74, 6) is -2.75. The zero-order valence-corrected chi connectivity index (χ0v) is 13.4. The van der Waals surface area contributed by atoms with Gasteiger partial charge in [0.1, 0.15) is 0 Å². The van der Waals surface area contributed by atoms with E-state index in [1.807, 2.05) is 0 Å². The van der Waals surface area contributed by atoms with E-state index in [0.717, 1.165) is 38.8 Å². The molecule has 0 saturated carbocycles. The molecule has 3 aliphatic rings. The van der Waals surface area contributed by atoms with Crippen LogP contribution in [0.25, 0.3) is 0 Å². The van der Waals surface area contributed by atoms with Gasteiger partial charge in [-0.2, -0.15) is 0 Å². The summed E-state index contributed by atoms with van der Waals surface area (Å²) in [6.07, 6.45) is 3.00. The molecule has 0 spiro atoms. The fraction of sp³-hybridized carbons (Fsp3) is 0.875. The van der Waals surface area contributed by atoms with E-state index in [0.29, 0.717) is 6.54 Å². The maximum atomic E-state index is 13.2. The summed E-state index contributed by atoms with van der Waals surface area (Å²) in [6.45, 7) is 2.43. The van der Waals surface area contributed by atoms with Crippen molar-refractivity contribution in [3.05, 3.63) is 0 Å². The van der Waals surface area contributed by atoms with Crippen LogP contribution in [0.2, 0.25) is 0 Å². The molecule has 0 bridgehead atoms. The molecule has 0 aromatic heterocycles. The molecular weight excluding hydrogens is 304 g/mol. The predicted octanol–water partition coefficient (Wildman–Crippen LogP) is 1.23. The first-order chi connectivity index (χ1) is 11.0. The highest BCUT2D eigenvalue weighted by molar-refractivity contribution is 5.83. The van der Waals surface area contributed by atoms with Crippen LogP contribution in [0, 0.1) is 5.92 Å². The SMILES string of the molecule is O=C1NCCCC1N1CCCC(C(=O)N2CCC(F)(F)CC2)C1. The third-order valence-electron chi connectivity index (χ3n) is 5.31. The lowest BCUT2D eigenvalue weighted by Crippen LogP contribution is -2.55. The largest absolute Gasteiger partial charge is 0.355 e. The molecular formula is C16H25F2N3O2. The molecule has 0 aliphatic carbocycles. The predicted molar refractivity (Wildman–Crippen MR) is 81.1 cm³/mol. The van der Waals surface area contributed by atoms with E-state index in [4.69, 9.17) is 0 Å². The Morgan fingerprint density at radius 2 is 1.87 bits per heavy atom. The first-order valence-electron chi connectivity index (χ1n) is 8.65. The van der Waals surface area contributed by atoms with E-state index in [1.165, 1.54) is 0 Å². The summed E-state index contributed by atoms with van der Waals surface area (Å²) in [7, 11) is 0. The van der Waals surface area contributed by atoms with Crippen LogP contribution in [0.15, 0.2) is 0 Å². The summed E-state index contributed by atoms with van der Waals surface area (Å²) >= 11 is 0. The maximum absolute atomic E-state index is 13.2. The Morgan fingerprint density at radius 1 is 1.13 bits per heavy atom. The molecule has 2 unspecified atom stereocenters. The van der Waals surface area contributed by atoms with E-state index in [-0.39, 0.29) is 49.7 Å². The van der Waals surface area contributed by atoms with Crippen molar-refractivity contribution in [1.29, 1.82) is 0 Å². The van der Waals surface area contributed by atoms with Crippen molar-refractivity contribution in [3.8, 4) is 0 Å². The minimum atomic E-state index is -2.63. The molecule has 0 radical (unpaired) electrons. The summed E-state index contributed by atoms with van der Waals surface area (Å²) in [5.41, 5.74) is 0. The van der Waals surface area contributed by atoms with E-state index >= 15 is 0 Å². The minimum absolute atomic E-state index is 0.0126. The number of likely N-dealkylation sites (tertiary alicyclic amines) is 2. The first-order valence-corrected chi connectivity index (χ1v) is 8.65. The summed E-state index contributed by atoms with van der Waals surface area (Å²) < 4.78 is 26.5. The van der Waals surface area contributed by atoms with Gasteiger partial charge in [-0.3, -0.25) is 14.5 Å². The number of hydrogen-bond donors (Lipinski definition) is 1. The van der Waals surface area contributed by atoms with Gasteiger partial charge in [0.2, 0.25) is 11.8 Å². The van der Waals surface area contributed by atoms with Crippen molar-refractivity contribution in [2.45, 2.75) is 50.5 Å². The summed E-state index contributed by atoms with van der Waals surface area (Å²) in [5, 5.41) is 2.89. The lowest BCUT2D eigenvalue weighted by atomic mass is 9.92. The molecule has 23 heavy (non-hydrogen) atoms. The van der Waals surface area contributed by atoms with Crippen molar-refractivity contribution in [1.82, 2.24) is 15.1 Å². The van der Waals surface area contributed by atoms with Gasteiger partial charge in [-0.05, 0) is 32.2 Å². The maximum Gasteiger partial charge on any atom is 0.251 e. The molecule has 3 fully saturated rings. The van der Waals surface area contributed by atoms with Crippen molar-refractivity contribution in [3.63, 3.8) is 0 Å². The third kappa shape index (κ3) is 3.82. The van der Waals surface area contributed by atoms with Crippen LogP contribution >= 0.6 is 0 Å². The lowest BCUT2D eigenvalue weighted by Gasteiger charge is -2.41. The van der Waals surface area contributed by atoms with Gasteiger partial charge in [0.25, 0.3) is 5.92 Å². The number of piperidine rings is 3. The van der Waals surface area contributed by atoms with Gasteiger partial charge in [0, 0.05) is 39.0 Å². The second-order valence-corrected chi connectivity index (χ2v) is 6.96. The van der Waals surface area contributed by atoms with Crippen molar-refractivity contribution in [2.24, 2.45) is 5.92 Å². The highest BCUT2D eigenvalue weighted by Crippen LogP contribution is 2.30. The Labute approximate surface area is 135 Å². The van der Waals surface area contributed by atoms with Crippen LogP contribution in [0.5, 0.6) is 0 Å². The zero-order valence-electron chi connectivity index (χ0n) is 13.4. The van der Waals surface area contributed by atoms with Gasteiger partial charge in [-0.1, -0.05) is 0 Å². The van der Waals surface area contributed by atoms with E-state index in [2.05, 4.69) is 10.2 Å². The van der Waals surface area contributed by atoms with Crippen molar-refractivity contribution >= 4 is 11.8 Å². The number of rotatable bonds is 2. The van der Waals surface area contributed by atoms with E-state index in [1.54, 1.807) is 4.90 Å². The molecule has 3 saturated heterocycles. The summed E-state index contributed by atoms with van der Waals surface area (Å²) in [4.78, 5) is 28.3. The van der Waals surface area contributed by atoms with Gasteiger partial charge in [-0.15, -0.1) is 0 Å². The normalized spacial score (nSPS) is 32.4. The standard InChI is InChI=1S/C16H25F2N3O2/c17-16(18)5-9-20(10-6-16)15(23)12-3-2-8-21(11-12)13-4-1-7-19-14(13)22/h12-13H,1-11H2,(H,19,22). The molecule has 3 aliphatic heterocycles. The number of halogens is 2. The first kappa shape index (κ1) is 16.6. The number of nitrogens with zero attached hydrogens (tertiary/aromatic N) is 2. The molecule has 3 rings (SSSR count). The lowest BCUT2D eigenvalue weighted by molar-refractivity contribution is -0.145. The van der Waals surface area contributed by atoms with Crippen molar-refractivity contribution in [2.75, 3.05) is 32.7 Å². The topological polar surface area (TPSA) is 52.7 Å². The molecule has 2 amide bonds. The Balaban J connectivity index is 1.57. The van der Waals surface area contributed by atoms with Gasteiger partial charge in [0.05, 0.1) is 12.0 Å². The zero-order chi connectivity index (χ0) is 16.4. The molecule has 3 heterocycles. The molecule has 5 nitrogen and oxygen atoms in total. The fourth-order valence-corrected chi connectivity index (χ4v) is 3.91. The third-order valence-corrected chi connectivity index (χ3v) is 5.31. The fourth-order valence-electron chi connectivity index (χ4n) is 3.91. The minimum Gasteiger partial charge on any atom is -0.355 e. The summed E-state index contributed by atoms with van der Waals surface area (Å²) in [6, 6.07) is -0.134. The van der Waals surface area contributed by atoms with Gasteiger partial charge in [-0.25, -0.2) is 8.78 Å². The Bertz CT molecular complexity index is 462. The average molecular weight is 329 g/mol. The van der Waals surface area contributed by atoms with Gasteiger partial charge in [0.15, 0.2) is 0 Å². The smallest absolute Gasteiger partial charge is 0.251 e. The average Bonchev–Trinajstić information content (AvgIpc) is 2.55. The van der Waals surface area contributed by atoms with Crippen LogP contribution in [0.4, 0.5) is 8.78 Å². The van der Waals surface area contributed by atoms with Crippen LogP contribution in [-0.2, 0) is 9.59 Å². The molecule has 7 heteroatoms. The molecule has 2 atom stereocenters. The highest BCUT2D eigenvalue weighted by Gasteiger charge is 2.39. The second-order valence-electron chi connectivity index (χ2n) is 6.96. The number of alkyl halides is 2. The number of carbonyl (C=O) groups is 2. The number of nitrogens with one attached hydrogen (secondary N) is 1. The second kappa shape index (κ2) is 6.71. The quantitative estimate of drug-likeness (QED) is 0.829. The number of amides is 2. The van der Waals surface area contributed by atoms with Crippen LogP contribution in [-0.4, -0.2) is 66.3 Å². The van der Waals surface area contributed by atoms with Gasteiger partial charge < -0.3 is 10.2 Å². The molecule has 0 aromatic carbocycles. The van der Waals surface area contributed by atoms with E-state index in [9.17, 15) is 18.4 Å².